The lowest BCUT2D eigenvalue weighted by atomic mass is 9.97. The molecule has 3 nitrogen and oxygen atoms in total. The summed E-state index contributed by atoms with van der Waals surface area (Å²) in [4.78, 5) is 13.8. The molecule has 2 rings (SSSR count). The van der Waals surface area contributed by atoms with E-state index in [9.17, 15) is 4.79 Å². The number of hydrogen-bond donors (Lipinski definition) is 1. The predicted molar refractivity (Wildman–Crippen MR) is 78.1 cm³/mol. The molecule has 1 aliphatic rings. The highest BCUT2D eigenvalue weighted by molar-refractivity contribution is 5.88. The Morgan fingerprint density at radius 1 is 1.26 bits per heavy atom. The minimum absolute atomic E-state index is 0.0917. The number of carbonyl (C=O) groups excluding carboxylic acids is 1. The van der Waals surface area contributed by atoms with Crippen molar-refractivity contribution >= 4 is 5.91 Å². The second kappa shape index (κ2) is 4.97. The van der Waals surface area contributed by atoms with Gasteiger partial charge in [-0.15, -0.1) is 0 Å². The van der Waals surface area contributed by atoms with Crippen LogP contribution in [0.4, 0.5) is 0 Å². The molecule has 0 heterocycles. The maximum Gasteiger partial charge on any atom is 0.242 e. The molecule has 1 aromatic carbocycles. The average molecular weight is 260 g/mol. The van der Waals surface area contributed by atoms with Crippen molar-refractivity contribution in [1.82, 2.24) is 4.90 Å². The van der Waals surface area contributed by atoms with Crippen LogP contribution in [-0.4, -0.2) is 29.9 Å². The van der Waals surface area contributed by atoms with Gasteiger partial charge in [-0.05, 0) is 62.3 Å². The number of rotatable bonds is 4. The fourth-order valence-electron chi connectivity index (χ4n) is 2.40. The number of hydrogen-bond acceptors (Lipinski definition) is 2. The van der Waals surface area contributed by atoms with Crippen LogP contribution in [0.3, 0.4) is 0 Å². The maximum atomic E-state index is 12.1. The van der Waals surface area contributed by atoms with Crippen LogP contribution >= 0.6 is 0 Å². The molecule has 0 saturated heterocycles. The second-order valence-corrected chi connectivity index (χ2v) is 5.92. The lowest BCUT2D eigenvalue weighted by molar-refractivity contribution is -0.132. The fraction of sp³-hybridized carbons (Fsp3) is 0.562. The number of benzene rings is 1. The largest absolute Gasteiger partial charge is 0.344 e. The van der Waals surface area contributed by atoms with E-state index in [4.69, 9.17) is 5.73 Å². The van der Waals surface area contributed by atoms with Crippen molar-refractivity contribution in [2.45, 2.75) is 45.6 Å². The van der Waals surface area contributed by atoms with Gasteiger partial charge < -0.3 is 10.6 Å². The van der Waals surface area contributed by atoms with Gasteiger partial charge >= 0.3 is 0 Å². The molecule has 1 saturated carbocycles. The summed E-state index contributed by atoms with van der Waals surface area (Å²) in [6.45, 7) is 7.18. The highest BCUT2D eigenvalue weighted by atomic mass is 16.2. The quantitative estimate of drug-likeness (QED) is 0.901. The Labute approximate surface area is 115 Å². The fourth-order valence-corrected chi connectivity index (χ4v) is 2.40. The van der Waals surface area contributed by atoms with Gasteiger partial charge in [0.2, 0.25) is 5.91 Å². The number of aryl methyl sites for hydroxylation is 1. The van der Waals surface area contributed by atoms with E-state index in [0.717, 1.165) is 25.8 Å². The summed E-state index contributed by atoms with van der Waals surface area (Å²) in [5, 5.41) is 0. The highest BCUT2D eigenvalue weighted by Crippen LogP contribution is 2.33. The number of likely N-dealkylation sites (N-methyl/N-ethyl adjacent to an activating group) is 1. The van der Waals surface area contributed by atoms with Crippen molar-refractivity contribution in [2.75, 3.05) is 13.6 Å². The lowest BCUT2D eigenvalue weighted by Gasteiger charge is -2.21. The summed E-state index contributed by atoms with van der Waals surface area (Å²) in [5.41, 5.74) is 10.7. The Bertz CT molecular complexity index is 504. The van der Waals surface area contributed by atoms with Crippen molar-refractivity contribution in [3.63, 3.8) is 0 Å². The van der Waals surface area contributed by atoms with Gasteiger partial charge in [-0.1, -0.05) is 12.1 Å². The third kappa shape index (κ3) is 2.81. The highest BCUT2D eigenvalue weighted by Gasteiger charge is 2.47. The van der Waals surface area contributed by atoms with E-state index >= 15 is 0 Å². The first-order valence-corrected chi connectivity index (χ1v) is 6.95. The Hall–Kier alpha value is -1.35. The van der Waals surface area contributed by atoms with Gasteiger partial charge in [0.1, 0.15) is 0 Å². The van der Waals surface area contributed by atoms with Crippen LogP contribution in [0.5, 0.6) is 0 Å². The second-order valence-electron chi connectivity index (χ2n) is 5.92. The van der Waals surface area contributed by atoms with Crippen molar-refractivity contribution in [1.29, 1.82) is 0 Å². The first-order valence-electron chi connectivity index (χ1n) is 6.95. The SMILES string of the molecule is Cc1ccc(CCN(C)C(=O)C2(N)CC2)c(C)c1C. The summed E-state index contributed by atoms with van der Waals surface area (Å²) >= 11 is 0. The molecule has 0 aliphatic heterocycles. The van der Waals surface area contributed by atoms with E-state index < -0.39 is 5.54 Å². The topological polar surface area (TPSA) is 46.3 Å². The predicted octanol–water partition coefficient (Wildman–Crippen LogP) is 2.10. The number of amides is 1. The van der Waals surface area contributed by atoms with Crippen LogP contribution < -0.4 is 5.73 Å². The van der Waals surface area contributed by atoms with Crippen molar-refractivity contribution in [3.05, 3.63) is 34.4 Å². The maximum absolute atomic E-state index is 12.1. The molecule has 0 atom stereocenters. The smallest absolute Gasteiger partial charge is 0.242 e. The van der Waals surface area contributed by atoms with Crippen LogP contribution in [0.25, 0.3) is 0 Å². The van der Waals surface area contributed by atoms with E-state index in [1.165, 1.54) is 22.3 Å². The molecule has 3 heteroatoms. The number of nitrogens with two attached hydrogens (primary N) is 1. The molecule has 19 heavy (non-hydrogen) atoms. The summed E-state index contributed by atoms with van der Waals surface area (Å²) in [6, 6.07) is 4.33. The van der Waals surface area contributed by atoms with Crippen LogP contribution in [0, 0.1) is 20.8 Å². The van der Waals surface area contributed by atoms with E-state index in [1.54, 1.807) is 4.90 Å². The van der Waals surface area contributed by atoms with E-state index in [0.29, 0.717) is 0 Å². The molecule has 0 radical (unpaired) electrons. The van der Waals surface area contributed by atoms with Gasteiger partial charge in [-0.2, -0.15) is 0 Å². The molecular weight excluding hydrogens is 236 g/mol. The molecular formula is C16H24N2O. The summed E-state index contributed by atoms with van der Waals surface area (Å²) in [6.07, 6.45) is 2.56. The molecule has 1 fully saturated rings. The van der Waals surface area contributed by atoms with Gasteiger partial charge in [0.25, 0.3) is 0 Å². The monoisotopic (exact) mass is 260 g/mol. The molecule has 0 unspecified atom stereocenters. The average Bonchev–Trinajstić information content (AvgIpc) is 3.13. The lowest BCUT2D eigenvalue weighted by Crippen LogP contribution is -2.44. The van der Waals surface area contributed by atoms with Crippen LogP contribution in [-0.2, 0) is 11.2 Å². The summed E-state index contributed by atoms with van der Waals surface area (Å²) in [7, 11) is 1.85. The first-order chi connectivity index (χ1) is 8.85. The Morgan fingerprint density at radius 2 is 1.89 bits per heavy atom. The molecule has 0 bridgehead atoms. The van der Waals surface area contributed by atoms with Crippen molar-refractivity contribution in [2.24, 2.45) is 5.73 Å². The Morgan fingerprint density at radius 3 is 2.47 bits per heavy atom. The van der Waals surface area contributed by atoms with Gasteiger partial charge in [-0.3, -0.25) is 4.79 Å². The van der Waals surface area contributed by atoms with E-state index in [-0.39, 0.29) is 5.91 Å². The van der Waals surface area contributed by atoms with Crippen LogP contribution in [0.1, 0.15) is 35.1 Å². The van der Waals surface area contributed by atoms with E-state index in [2.05, 4.69) is 32.9 Å². The zero-order valence-electron chi connectivity index (χ0n) is 12.4. The zero-order chi connectivity index (χ0) is 14.2. The number of nitrogens with zero attached hydrogens (tertiary/aromatic N) is 1. The van der Waals surface area contributed by atoms with Gasteiger partial charge in [0.15, 0.2) is 0 Å². The van der Waals surface area contributed by atoms with E-state index in [1.807, 2.05) is 7.05 Å². The zero-order valence-corrected chi connectivity index (χ0v) is 12.4. The normalized spacial score (nSPS) is 16.3. The van der Waals surface area contributed by atoms with Gasteiger partial charge in [-0.25, -0.2) is 0 Å². The Balaban J connectivity index is 1.99. The van der Waals surface area contributed by atoms with Crippen LogP contribution in [0.2, 0.25) is 0 Å². The van der Waals surface area contributed by atoms with Gasteiger partial charge in [0.05, 0.1) is 5.54 Å². The molecule has 1 aromatic rings. The first kappa shape index (κ1) is 14.1. The van der Waals surface area contributed by atoms with Gasteiger partial charge in [0, 0.05) is 13.6 Å². The van der Waals surface area contributed by atoms with Crippen LogP contribution in [0.15, 0.2) is 12.1 Å². The molecule has 0 spiro atoms. The third-order valence-electron chi connectivity index (χ3n) is 4.45. The summed E-state index contributed by atoms with van der Waals surface area (Å²) in [5.74, 6) is 0.0917. The molecule has 104 valence electrons. The third-order valence-corrected chi connectivity index (χ3v) is 4.45. The van der Waals surface area contributed by atoms with Crippen molar-refractivity contribution < 1.29 is 4.79 Å². The molecule has 0 aromatic heterocycles. The molecule has 2 N–H and O–H groups in total. The standard InChI is InChI=1S/C16H24N2O/c1-11-5-6-14(13(3)12(11)2)7-10-18(4)15(19)16(17)8-9-16/h5-6H,7-10,17H2,1-4H3. The summed E-state index contributed by atoms with van der Waals surface area (Å²) < 4.78 is 0. The Kier molecular flexibility index (Phi) is 3.68. The minimum atomic E-state index is -0.549. The number of carbonyl (C=O) groups is 1. The molecule has 1 amide bonds. The molecule has 1 aliphatic carbocycles. The minimum Gasteiger partial charge on any atom is -0.344 e. The van der Waals surface area contributed by atoms with Crippen molar-refractivity contribution in [3.8, 4) is 0 Å².